The van der Waals surface area contributed by atoms with Crippen molar-refractivity contribution in [3.05, 3.63) is 28.7 Å². The van der Waals surface area contributed by atoms with E-state index in [9.17, 15) is 21.6 Å². The monoisotopic (exact) mass is 359 g/mol. The minimum absolute atomic E-state index is 0.00900. The highest BCUT2D eigenvalue weighted by molar-refractivity contribution is 9.10. The molecular formula is C11H13BrF3NO2S. The summed E-state index contributed by atoms with van der Waals surface area (Å²) < 4.78 is 62.1. The molecule has 0 atom stereocenters. The highest BCUT2D eigenvalue weighted by Crippen LogP contribution is 2.22. The second-order valence-electron chi connectivity index (χ2n) is 3.93. The quantitative estimate of drug-likeness (QED) is 0.790. The van der Waals surface area contributed by atoms with Crippen LogP contribution in [0.5, 0.6) is 0 Å². The Bertz CT molecular complexity index is 517. The maximum Gasteiger partial charge on any atom is 0.389 e. The number of benzene rings is 1. The van der Waals surface area contributed by atoms with Crippen LogP contribution in [0.1, 0.15) is 19.3 Å². The van der Waals surface area contributed by atoms with E-state index in [1.54, 1.807) is 12.1 Å². The summed E-state index contributed by atoms with van der Waals surface area (Å²) in [6.45, 7) is -0.00900. The normalized spacial score (nSPS) is 12.6. The maximum absolute atomic E-state index is 11.9. The third-order valence-electron chi connectivity index (χ3n) is 2.29. The average molecular weight is 360 g/mol. The minimum Gasteiger partial charge on any atom is -0.211 e. The SMILES string of the molecule is O=S(=O)(NCCCCC(F)(F)F)c1cccc(Br)c1. The van der Waals surface area contributed by atoms with E-state index in [1.165, 1.54) is 12.1 Å². The molecule has 19 heavy (non-hydrogen) atoms. The van der Waals surface area contributed by atoms with Crippen LogP contribution in [0.3, 0.4) is 0 Å². The van der Waals surface area contributed by atoms with Crippen molar-refractivity contribution < 1.29 is 21.6 Å². The molecule has 0 saturated heterocycles. The van der Waals surface area contributed by atoms with Crippen molar-refractivity contribution >= 4 is 26.0 Å². The Morgan fingerprint density at radius 3 is 2.47 bits per heavy atom. The molecule has 108 valence electrons. The van der Waals surface area contributed by atoms with Crippen LogP contribution >= 0.6 is 15.9 Å². The summed E-state index contributed by atoms with van der Waals surface area (Å²) in [4.78, 5) is 0.0812. The van der Waals surface area contributed by atoms with Crippen LogP contribution in [0.15, 0.2) is 33.6 Å². The molecule has 0 unspecified atom stereocenters. The predicted octanol–water partition coefficient (Wildman–Crippen LogP) is 3.46. The van der Waals surface area contributed by atoms with E-state index < -0.39 is 22.6 Å². The summed E-state index contributed by atoms with van der Waals surface area (Å²) in [6.07, 6.45) is -5.04. The lowest BCUT2D eigenvalue weighted by Gasteiger charge is -2.08. The first-order valence-electron chi connectivity index (χ1n) is 5.53. The fourth-order valence-electron chi connectivity index (χ4n) is 1.37. The standard InChI is InChI=1S/C11H13BrF3NO2S/c12-9-4-3-5-10(8-9)19(17,18)16-7-2-1-6-11(13,14)15/h3-5,8,16H,1-2,6-7H2. The van der Waals surface area contributed by atoms with Gasteiger partial charge in [-0.05, 0) is 31.0 Å². The van der Waals surface area contributed by atoms with Gasteiger partial charge in [-0.15, -0.1) is 0 Å². The number of rotatable bonds is 6. The first-order valence-corrected chi connectivity index (χ1v) is 7.80. The summed E-state index contributed by atoms with van der Waals surface area (Å²) in [6, 6.07) is 6.10. The molecule has 1 rings (SSSR count). The van der Waals surface area contributed by atoms with Crippen LogP contribution in [-0.2, 0) is 10.0 Å². The lowest BCUT2D eigenvalue weighted by Crippen LogP contribution is -2.25. The van der Waals surface area contributed by atoms with E-state index in [4.69, 9.17) is 0 Å². The molecule has 0 radical (unpaired) electrons. The van der Waals surface area contributed by atoms with Gasteiger partial charge in [0.25, 0.3) is 0 Å². The van der Waals surface area contributed by atoms with E-state index in [0.29, 0.717) is 4.47 Å². The maximum atomic E-state index is 11.9. The van der Waals surface area contributed by atoms with Crippen molar-refractivity contribution in [1.82, 2.24) is 4.72 Å². The van der Waals surface area contributed by atoms with Crippen LogP contribution in [0, 0.1) is 0 Å². The van der Waals surface area contributed by atoms with Crippen LogP contribution < -0.4 is 4.72 Å². The number of alkyl halides is 3. The fraction of sp³-hybridized carbons (Fsp3) is 0.455. The minimum atomic E-state index is -4.19. The molecule has 0 aliphatic rings. The van der Waals surface area contributed by atoms with Gasteiger partial charge in [-0.2, -0.15) is 13.2 Å². The highest BCUT2D eigenvalue weighted by Gasteiger charge is 2.25. The van der Waals surface area contributed by atoms with Crippen molar-refractivity contribution in [3.8, 4) is 0 Å². The zero-order chi connectivity index (χ0) is 14.5. The van der Waals surface area contributed by atoms with Crippen molar-refractivity contribution in [3.63, 3.8) is 0 Å². The Morgan fingerprint density at radius 1 is 1.21 bits per heavy atom. The molecule has 0 aromatic heterocycles. The van der Waals surface area contributed by atoms with Gasteiger partial charge in [-0.3, -0.25) is 0 Å². The van der Waals surface area contributed by atoms with Crippen molar-refractivity contribution in [2.75, 3.05) is 6.54 Å². The first-order chi connectivity index (χ1) is 8.71. The lowest BCUT2D eigenvalue weighted by molar-refractivity contribution is -0.135. The molecule has 0 spiro atoms. The molecule has 0 amide bonds. The molecule has 1 aromatic rings. The number of sulfonamides is 1. The number of nitrogens with one attached hydrogen (secondary N) is 1. The van der Waals surface area contributed by atoms with E-state index >= 15 is 0 Å². The third kappa shape index (κ3) is 6.40. The highest BCUT2D eigenvalue weighted by atomic mass is 79.9. The topological polar surface area (TPSA) is 46.2 Å². The van der Waals surface area contributed by atoms with Gasteiger partial charge in [0.2, 0.25) is 10.0 Å². The molecule has 1 N–H and O–H groups in total. The third-order valence-corrected chi connectivity index (χ3v) is 4.24. The van der Waals surface area contributed by atoms with Gasteiger partial charge >= 0.3 is 6.18 Å². The number of hydrogen-bond donors (Lipinski definition) is 1. The first kappa shape index (κ1) is 16.5. The Hall–Kier alpha value is -0.600. The number of unbranched alkanes of at least 4 members (excludes halogenated alkanes) is 1. The molecule has 0 fully saturated rings. The number of hydrogen-bond acceptors (Lipinski definition) is 2. The molecule has 0 bridgehead atoms. The molecule has 3 nitrogen and oxygen atoms in total. The van der Waals surface area contributed by atoms with Gasteiger partial charge in [0, 0.05) is 17.4 Å². The van der Waals surface area contributed by atoms with Crippen molar-refractivity contribution in [2.24, 2.45) is 0 Å². The number of halogens is 4. The summed E-state index contributed by atoms with van der Waals surface area (Å²) in [5.41, 5.74) is 0. The largest absolute Gasteiger partial charge is 0.389 e. The Morgan fingerprint density at radius 2 is 1.89 bits per heavy atom. The molecule has 0 aliphatic heterocycles. The van der Waals surface area contributed by atoms with E-state index in [2.05, 4.69) is 20.7 Å². The van der Waals surface area contributed by atoms with Gasteiger partial charge < -0.3 is 0 Å². The van der Waals surface area contributed by atoms with Gasteiger partial charge in [0.15, 0.2) is 0 Å². The molecular weight excluding hydrogens is 347 g/mol. The molecule has 0 heterocycles. The smallest absolute Gasteiger partial charge is 0.211 e. The van der Waals surface area contributed by atoms with Crippen LogP contribution in [0.2, 0.25) is 0 Å². The Labute approximate surface area is 118 Å². The second-order valence-corrected chi connectivity index (χ2v) is 6.61. The van der Waals surface area contributed by atoms with Crippen LogP contribution in [-0.4, -0.2) is 21.1 Å². The van der Waals surface area contributed by atoms with E-state index in [1.807, 2.05) is 0 Å². The van der Waals surface area contributed by atoms with Crippen molar-refractivity contribution in [1.29, 1.82) is 0 Å². The van der Waals surface area contributed by atoms with E-state index in [-0.39, 0.29) is 24.3 Å². The molecule has 0 aliphatic carbocycles. The van der Waals surface area contributed by atoms with Gasteiger partial charge in [-0.1, -0.05) is 22.0 Å². The zero-order valence-corrected chi connectivity index (χ0v) is 12.3. The molecule has 1 aromatic carbocycles. The summed E-state index contributed by atoms with van der Waals surface area (Å²) in [7, 11) is -3.66. The predicted molar refractivity (Wildman–Crippen MR) is 69.2 cm³/mol. The zero-order valence-electron chi connectivity index (χ0n) is 9.87. The van der Waals surface area contributed by atoms with Gasteiger partial charge in [0.1, 0.15) is 0 Å². The lowest BCUT2D eigenvalue weighted by atomic mass is 10.2. The Kier molecular flexibility index (Phi) is 5.82. The van der Waals surface area contributed by atoms with Crippen LogP contribution in [0.4, 0.5) is 13.2 Å². The van der Waals surface area contributed by atoms with E-state index in [0.717, 1.165) is 0 Å². The Balaban J connectivity index is 2.44. The average Bonchev–Trinajstić information content (AvgIpc) is 2.27. The summed E-state index contributed by atoms with van der Waals surface area (Å²) >= 11 is 3.15. The fourth-order valence-corrected chi connectivity index (χ4v) is 3.04. The van der Waals surface area contributed by atoms with Gasteiger partial charge in [-0.25, -0.2) is 13.1 Å². The summed E-state index contributed by atoms with van der Waals surface area (Å²) in [5.74, 6) is 0. The van der Waals surface area contributed by atoms with Gasteiger partial charge in [0.05, 0.1) is 4.90 Å². The summed E-state index contributed by atoms with van der Waals surface area (Å²) in [5, 5.41) is 0. The molecule has 0 saturated carbocycles. The molecule has 8 heteroatoms. The van der Waals surface area contributed by atoms with Crippen LogP contribution in [0.25, 0.3) is 0 Å². The van der Waals surface area contributed by atoms with Crippen molar-refractivity contribution in [2.45, 2.75) is 30.3 Å². The second kappa shape index (κ2) is 6.71.